The third-order valence-corrected chi connectivity index (χ3v) is 3.39. The molecule has 1 N–H and O–H groups in total. The fourth-order valence-corrected chi connectivity index (χ4v) is 2.42. The van der Waals surface area contributed by atoms with Gasteiger partial charge >= 0.3 is 0 Å². The zero-order valence-electron chi connectivity index (χ0n) is 10.7. The van der Waals surface area contributed by atoms with Gasteiger partial charge in [-0.25, -0.2) is 4.98 Å². The van der Waals surface area contributed by atoms with Crippen LogP contribution in [0.25, 0.3) is 0 Å². The SMILES string of the molecule is Cn1ccnc1C1CNCCN1C(=O)c1ccco1. The Kier molecular flexibility index (Phi) is 3.08. The lowest BCUT2D eigenvalue weighted by Gasteiger charge is -2.35. The standard InChI is InChI=1S/C13H16N4O2/c1-16-6-5-15-12(16)10-9-14-4-7-17(10)13(18)11-3-2-8-19-11/h2-3,5-6,8,10,14H,4,7,9H2,1H3. The number of furan rings is 1. The van der Waals surface area contributed by atoms with Crippen molar-refractivity contribution in [1.82, 2.24) is 19.8 Å². The first kappa shape index (κ1) is 12.0. The molecular formula is C13H16N4O2. The monoisotopic (exact) mass is 260 g/mol. The molecular weight excluding hydrogens is 244 g/mol. The maximum absolute atomic E-state index is 12.4. The van der Waals surface area contributed by atoms with Crippen LogP contribution in [0.15, 0.2) is 35.2 Å². The zero-order valence-corrected chi connectivity index (χ0v) is 10.7. The van der Waals surface area contributed by atoms with E-state index in [4.69, 9.17) is 4.42 Å². The molecule has 6 nitrogen and oxygen atoms in total. The Morgan fingerprint density at radius 1 is 1.58 bits per heavy atom. The molecule has 0 radical (unpaired) electrons. The average Bonchev–Trinajstić information content (AvgIpc) is 3.09. The van der Waals surface area contributed by atoms with Crippen LogP contribution in [-0.4, -0.2) is 40.0 Å². The minimum Gasteiger partial charge on any atom is -0.459 e. The molecule has 0 aliphatic carbocycles. The Morgan fingerprint density at radius 2 is 2.47 bits per heavy atom. The largest absolute Gasteiger partial charge is 0.459 e. The number of piperazine rings is 1. The number of carbonyl (C=O) groups excluding carboxylic acids is 1. The van der Waals surface area contributed by atoms with E-state index in [0.29, 0.717) is 18.8 Å². The molecule has 0 saturated carbocycles. The number of aromatic nitrogens is 2. The van der Waals surface area contributed by atoms with E-state index in [1.807, 2.05) is 22.7 Å². The number of carbonyl (C=O) groups is 1. The second-order valence-electron chi connectivity index (χ2n) is 4.59. The van der Waals surface area contributed by atoms with E-state index in [1.165, 1.54) is 6.26 Å². The van der Waals surface area contributed by atoms with E-state index >= 15 is 0 Å². The Labute approximate surface area is 111 Å². The van der Waals surface area contributed by atoms with Gasteiger partial charge in [0.15, 0.2) is 5.76 Å². The first-order valence-electron chi connectivity index (χ1n) is 6.30. The lowest BCUT2D eigenvalue weighted by molar-refractivity contribution is 0.0588. The molecule has 0 spiro atoms. The maximum Gasteiger partial charge on any atom is 0.290 e. The van der Waals surface area contributed by atoms with E-state index in [0.717, 1.165) is 12.4 Å². The van der Waals surface area contributed by atoms with Crippen molar-refractivity contribution in [2.75, 3.05) is 19.6 Å². The minimum absolute atomic E-state index is 0.0636. The zero-order chi connectivity index (χ0) is 13.2. The topological polar surface area (TPSA) is 63.3 Å². The molecule has 1 saturated heterocycles. The predicted molar refractivity (Wildman–Crippen MR) is 68.6 cm³/mol. The Hall–Kier alpha value is -2.08. The molecule has 2 aromatic rings. The number of rotatable bonds is 2. The van der Waals surface area contributed by atoms with E-state index in [1.54, 1.807) is 18.3 Å². The fourth-order valence-electron chi connectivity index (χ4n) is 2.42. The van der Waals surface area contributed by atoms with Crippen LogP contribution < -0.4 is 5.32 Å². The van der Waals surface area contributed by atoms with Crippen LogP contribution in [0.1, 0.15) is 22.4 Å². The van der Waals surface area contributed by atoms with Crippen molar-refractivity contribution in [3.05, 3.63) is 42.4 Å². The summed E-state index contributed by atoms with van der Waals surface area (Å²) >= 11 is 0. The van der Waals surface area contributed by atoms with Gasteiger partial charge in [-0.2, -0.15) is 0 Å². The quantitative estimate of drug-likeness (QED) is 0.867. The molecule has 100 valence electrons. The molecule has 3 rings (SSSR count). The Bertz CT molecular complexity index is 561. The molecule has 3 heterocycles. The molecule has 19 heavy (non-hydrogen) atoms. The molecule has 6 heteroatoms. The number of hydrogen-bond acceptors (Lipinski definition) is 4. The lowest BCUT2D eigenvalue weighted by Crippen LogP contribution is -2.49. The van der Waals surface area contributed by atoms with Crippen LogP contribution in [0.5, 0.6) is 0 Å². The molecule has 1 atom stereocenters. The van der Waals surface area contributed by atoms with Gasteiger partial charge in [-0.1, -0.05) is 0 Å². The van der Waals surface area contributed by atoms with Gasteiger partial charge in [-0.05, 0) is 12.1 Å². The second kappa shape index (κ2) is 4.89. The molecule has 1 unspecified atom stereocenters. The van der Waals surface area contributed by atoms with Crippen molar-refractivity contribution in [2.45, 2.75) is 6.04 Å². The van der Waals surface area contributed by atoms with Gasteiger partial charge < -0.3 is 19.2 Å². The van der Waals surface area contributed by atoms with Crippen LogP contribution in [0.3, 0.4) is 0 Å². The van der Waals surface area contributed by atoms with Crippen molar-refractivity contribution in [3.63, 3.8) is 0 Å². The highest BCUT2D eigenvalue weighted by Crippen LogP contribution is 2.22. The van der Waals surface area contributed by atoms with Crippen molar-refractivity contribution < 1.29 is 9.21 Å². The van der Waals surface area contributed by atoms with Crippen molar-refractivity contribution >= 4 is 5.91 Å². The van der Waals surface area contributed by atoms with Gasteiger partial charge in [0.2, 0.25) is 0 Å². The first-order valence-corrected chi connectivity index (χ1v) is 6.30. The van der Waals surface area contributed by atoms with Crippen LogP contribution in [-0.2, 0) is 7.05 Å². The van der Waals surface area contributed by atoms with Gasteiger partial charge in [0, 0.05) is 39.1 Å². The van der Waals surface area contributed by atoms with Gasteiger partial charge in [0.05, 0.1) is 6.26 Å². The molecule has 2 aromatic heterocycles. The summed E-state index contributed by atoms with van der Waals surface area (Å²) in [6, 6.07) is 3.36. The van der Waals surface area contributed by atoms with Crippen LogP contribution >= 0.6 is 0 Å². The number of nitrogens with one attached hydrogen (secondary N) is 1. The molecule has 0 aromatic carbocycles. The summed E-state index contributed by atoms with van der Waals surface area (Å²) in [5.74, 6) is 1.17. The summed E-state index contributed by atoms with van der Waals surface area (Å²) in [5.41, 5.74) is 0. The lowest BCUT2D eigenvalue weighted by atomic mass is 10.1. The van der Waals surface area contributed by atoms with Crippen molar-refractivity contribution in [2.24, 2.45) is 7.05 Å². The molecule has 1 fully saturated rings. The highest BCUT2D eigenvalue weighted by Gasteiger charge is 2.31. The summed E-state index contributed by atoms with van der Waals surface area (Å²) in [5, 5.41) is 3.30. The normalized spacial score (nSPS) is 19.6. The van der Waals surface area contributed by atoms with E-state index in [9.17, 15) is 4.79 Å². The second-order valence-corrected chi connectivity index (χ2v) is 4.59. The summed E-state index contributed by atoms with van der Waals surface area (Å²) in [7, 11) is 1.94. The number of aryl methyl sites for hydroxylation is 1. The van der Waals surface area contributed by atoms with E-state index < -0.39 is 0 Å². The van der Waals surface area contributed by atoms with Gasteiger partial charge in [-0.3, -0.25) is 4.79 Å². The average molecular weight is 260 g/mol. The maximum atomic E-state index is 12.4. The number of nitrogens with zero attached hydrogens (tertiary/aromatic N) is 3. The fraction of sp³-hybridized carbons (Fsp3) is 0.385. The molecule has 1 aliphatic heterocycles. The van der Waals surface area contributed by atoms with E-state index in [-0.39, 0.29) is 11.9 Å². The van der Waals surface area contributed by atoms with Gasteiger partial charge in [0.25, 0.3) is 5.91 Å². The predicted octanol–water partition coefficient (Wildman–Crippen LogP) is 0.800. The highest BCUT2D eigenvalue weighted by atomic mass is 16.3. The number of imidazole rings is 1. The Balaban J connectivity index is 1.90. The van der Waals surface area contributed by atoms with Crippen LogP contribution in [0.4, 0.5) is 0 Å². The van der Waals surface area contributed by atoms with Crippen molar-refractivity contribution in [1.29, 1.82) is 0 Å². The smallest absolute Gasteiger partial charge is 0.290 e. The minimum atomic E-state index is -0.0838. The van der Waals surface area contributed by atoms with Crippen LogP contribution in [0.2, 0.25) is 0 Å². The molecule has 1 aliphatic rings. The van der Waals surface area contributed by atoms with Gasteiger partial charge in [-0.15, -0.1) is 0 Å². The highest BCUT2D eigenvalue weighted by molar-refractivity contribution is 5.91. The summed E-state index contributed by atoms with van der Waals surface area (Å²) in [6.45, 7) is 2.14. The molecule has 0 bridgehead atoms. The molecule has 1 amide bonds. The summed E-state index contributed by atoms with van der Waals surface area (Å²) < 4.78 is 7.15. The Morgan fingerprint density at radius 3 is 3.16 bits per heavy atom. The van der Waals surface area contributed by atoms with E-state index in [2.05, 4.69) is 10.3 Å². The summed E-state index contributed by atoms with van der Waals surface area (Å²) in [6.07, 6.45) is 5.16. The number of amides is 1. The third-order valence-electron chi connectivity index (χ3n) is 3.39. The summed E-state index contributed by atoms with van der Waals surface area (Å²) in [4.78, 5) is 18.6. The number of hydrogen-bond donors (Lipinski definition) is 1. The van der Waals surface area contributed by atoms with Crippen LogP contribution in [0, 0.1) is 0 Å². The van der Waals surface area contributed by atoms with Gasteiger partial charge in [0.1, 0.15) is 11.9 Å². The van der Waals surface area contributed by atoms with Crippen molar-refractivity contribution in [3.8, 4) is 0 Å². The third kappa shape index (κ3) is 2.15. The first-order chi connectivity index (χ1) is 9.27.